The minimum atomic E-state index is -4.23. The topological polar surface area (TPSA) is 39.0 Å². The van der Waals surface area contributed by atoms with Gasteiger partial charge in [0.15, 0.2) is 0 Å². The van der Waals surface area contributed by atoms with Gasteiger partial charge in [-0.25, -0.2) is 4.39 Å². The number of fused-ring (bicyclic) bond motifs is 4. The average molecular weight is 843 g/mol. The summed E-state index contributed by atoms with van der Waals surface area (Å²) in [6.07, 6.45) is 0.939. The van der Waals surface area contributed by atoms with Gasteiger partial charge in [0.05, 0.1) is 5.56 Å². The molecule has 4 aliphatic carbocycles. The maximum atomic E-state index is 12.8. The first-order valence-corrected chi connectivity index (χ1v) is 22.2. The molecule has 0 amide bonds. The summed E-state index contributed by atoms with van der Waals surface area (Å²) in [5, 5.41) is 0.872. The molecular formula is C50H60ClF4N5. The van der Waals surface area contributed by atoms with Gasteiger partial charge < -0.3 is 25.3 Å². The van der Waals surface area contributed by atoms with E-state index in [1.54, 1.807) is 24.3 Å². The lowest BCUT2D eigenvalue weighted by Gasteiger charge is -2.17. The molecule has 0 aromatic heterocycles. The van der Waals surface area contributed by atoms with Gasteiger partial charge in [0, 0.05) is 85.6 Å². The Morgan fingerprint density at radius 3 is 1.25 bits per heavy atom. The summed E-state index contributed by atoms with van der Waals surface area (Å²) in [5.41, 5.74) is 13.1. The van der Waals surface area contributed by atoms with E-state index >= 15 is 0 Å². The van der Waals surface area contributed by atoms with Crippen molar-refractivity contribution >= 4 is 11.6 Å². The van der Waals surface area contributed by atoms with Gasteiger partial charge in [-0.3, -0.25) is 0 Å². The number of benzene rings is 4. The van der Waals surface area contributed by atoms with Crippen LogP contribution >= 0.6 is 11.6 Å². The van der Waals surface area contributed by atoms with Crippen LogP contribution in [-0.4, -0.2) is 100 Å². The van der Waals surface area contributed by atoms with Crippen molar-refractivity contribution in [1.29, 1.82) is 0 Å². The third-order valence-corrected chi connectivity index (χ3v) is 15.9. The predicted molar refractivity (Wildman–Crippen MR) is 233 cm³/mol. The van der Waals surface area contributed by atoms with Crippen LogP contribution in [0.25, 0.3) is 0 Å². The summed E-state index contributed by atoms with van der Waals surface area (Å²) in [7, 11) is 8.66. The van der Waals surface area contributed by atoms with Crippen LogP contribution in [0.4, 0.5) is 17.6 Å². The molecule has 2 N–H and O–H groups in total. The van der Waals surface area contributed by atoms with Crippen LogP contribution in [0.2, 0.25) is 5.02 Å². The van der Waals surface area contributed by atoms with E-state index in [2.05, 4.69) is 90.3 Å². The molecule has 5 nitrogen and oxygen atoms in total. The highest BCUT2D eigenvalue weighted by Gasteiger charge is 2.62. The molecule has 60 heavy (non-hydrogen) atoms. The Kier molecular flexibility index (Phi) is 10.8. The number of likely N-dealkylation sites (tertiary alicyclic amines) is 4. The summed E-state index contributed by atoms with van der Waals surface area (Å²) in [6.45, 7) is 10.0. The number of piperidine rings is 4. The van der Waals surface area contributed by atoms with E-state index in [0.717, 1.165) is 54.4 Å². The van der Waals surface area contributed by atoms with Crippen molar-refractivity contribution in [3.63, 3.8) is 0 Å². The van der Waals surface area contributed by atoms with Crippen molar-refractivity contribution < 1.29 is 17.6 Å². The molecule has 12 rings (SSSR count). The first kappa shape index (κ1) is 42.0. The van der Waals surface area contributed by atoms with Gasteiger partial charge >= 0.3 is 6.18 Å². The van der Waals surface area contributed by atoms with Crippen molar-refractivity contribution in [3.05, 3.63) is 141 Å². The zero-order valence-electron chi connectivity index (χ0n) is 35.5. The second-order valence-corrected chi connectivity index (χ2v) is 20.4. The Morgan fingerprint density at radius 2 is 0.917 bits per heavy atom. The molecule has 8 unspecified atom stereocenters. The van der Waals surface area contributed by atoms with Crippen LogP contribution in [0.15, 0.2) is 97.1 Å². The maximum Gasteiger partial charge on any atom is 0.416 e. The minimum absolute atomic E-state index is 0.131. The van der Waals surface area contributed by atoms with E-state index < -0.39 is 11.7 Å². The van der Waals surface area contributed by atoms with Crippen molar-refractivity contribution in [2.24, 2.45) is 29.4 Å². The summed E-state index contributed by atoms with van der Waals surface area (Å²) in [6, 6.07) is 30.1. The fraction of sp³-hybridized carbons (Fsp3) is 0.520. The normalized spacial score (nSPS) is 34.4. The van der Waals surface area contributed by atoms with Gasteiger partial charge in [0.25, 0.3) is 0 Å². The van der Waals surface area contributed by atoms with E-state index in [1.807, 2.05) is 18.2 Å². The summed E-state index contributed by atoms with van der Waals surface area (Å²) in [5.74, 6) is 3.12. The number of hydrogen-bond donors (Lipinski definition) is 1. The predicted octanol–water partition coefficient (Wildman–Crippen LogP) is 8.83. The second kappa shape index (κ2) is 15.5. The first-order chi connectivity index (χ1) is 28.6. The number of alkyl halides is 3. The molecule has 8 aliphatic rings. The first-order valence-electron chi connectivity index (χ1n) is 21.8. The van der Waals surface area contributed by atoms with Crippen LogP contribution in [0.1, 0.15) is 59.1 Å². The van der Waals surface area contributed by atoms with Crippen molar-refractivity contribution in [2.75, 3.05) is 80.5 Å². The standard InChI is InChI=1S/C13H14F3N.C13H18N2.C12H14ClN.C12H14FN/c1-17-7-11-6-12(11,8-17)9-2-4-10(5-3-9)13(14,15)16;1-15-8-12-6-13(12,9-15)11-4-2-10(7-14)3-5-11;1-14-7-10-6-12(10,8-14)9-3-2-4-11(13)5-9;1-14-7-10-6-12(10,8-14)9-2-4-11(13)5-3-9/h2-5,11H,6-8H2,1H3;2-5,12H,6-9,14H2,1H3;2*2-5,10H,6-8H2,1H3. The SMILES string of the molecule is CN1CC2CC2(c2ccc(C(F)(F)F)cc2)C1.CN1CC2CC2(c2ccc(CN)cc2)C1.CN1CC2CC2(c2ccc(F)cc2)C1.CN1CC2CC2(c2cccc(Cl)c2)C1. The number of halogens is 5. The maximum absolute atomic E-state index is 12.8. The molecule has 4 saturated carbocycles. The lowest BCUT2D eigenvalue weighted by molar-refractivity contribution is -0.137. The smallest absolute Gasteiger partial charge is 0.326 e. The minimum Gasteiger partial charge on any atom is -0.326 e. The van der Waals surface area contributed by atoms with E-state index in [1.165, 1.54) is 86.4 Å². The molecule has 0 bridgehead atoms. The van der Waals surface area contributed by atoms with Crippen LogP contribution in [0.5, 0.6) is 0 Å². The monoisotopic (exact) mass is 841 g/mol. The fourth-order valence-corrected chi connectivity index (χ4v) is 12.5. The molecule has 4 aromatic rings. The van der Waals surface area contributed by atoms with Gasteiger partial charge in [-0.15, -0.1) is 0 Å². The number of nitrogens with two attached hydrogens (primary N) is 1. The van der Waals surface area contributed by atoms with E-state index in [4.69, 9.17) is 17.3 Å². The quantitative estimate of drug-likeness (QED) is 0.204. The third kappa shape index (κ3) is 7.96. The molecule has 8 atom stereocenters. The number of rotatable bonds is 5. The summed E-state index contributed by atoms with van der Waals surface area (Å²) in [4.78, 5) is 9.50. The third-order valence-electron chi connectivity index (χ3n) is 15.6. The molecule has 8 fully saturated rings. The van der Waals surface area contributed by atoms with Crippen molar-refractivity contribution in [2.45, 2.75) is 60.1 Å². The lowest BCUT2D eigenvalue weighted by atomic mass is 9.94. The highest BCUT2D eigenvalue weighted by atomic mass is 35.5. The zero-order chi connectivity index (χ0) is 42.2. The molecule has 4 aliphatic heterocycles. The molecule has 10 heteroatoms. The van der Waals surface area contributed by atoms with Gasteiger partial charge in [-0.2, -0.15) is 13.2 Å². The largest absolute Gasteiger partial charge is 0.416 e. The molecular weight excluding hydrogens is 782 g/mol. The van der Waals surface area contributed by atoms with E-state index in [-0.39, 0.29) is 11.2 Å². The Morgan fingerprint density at radius 1 is 0.550 bits per heavy atom. The number of hydrogen-bond acceptors (Lipinski definition) is 5. The molecule has 4 heterocycles. The molecule has 320 valence electrons. The zero-order valence-corrected chi connectivity index (χ0v) is 36.3. The van der Waals surface area contributed by atoms with Crippen molar-refractivity contribution in [1.82, 2.24) is 19.6 Å². The summed E-state index contributed by atoms with van der Waals surface area (Å²) >= 11 is 6.03. The van der Waals surface area contributed by atoms with E-state index in [0.29, 0.717) is 28.7 Å². The van der Waals surface area contributed by atoms with Gasteiger partial charge in [0.1, 0.15) is 5.82 Å². The van der Waals surface area contributed by atoms with E-state index in [9.17, 15) is 17.6 Å². The van der Waals surface area contributed by atoms with Gasteiger partial charge in [-0.1, -0.05) is 72.3 Å². The van der Waals surface area contributed by atoms with Crippen LogP contribution < -0.4 is 5.73 Å². The summed E-state index contributed by atoms with van der Waals surface area (Å²) < 4.78 is 50.1. The van der Waals surface area contributed by atoms with Crippen LogP contribution in [0.3, 0.4) is 0 Å². The van der Waals surface area contributed by atoms with Gasteiger partial charge in [-0.05, 0) is 142 Å². The lowest BCUT2D eigenvalue weighted by Crippen LogP contribution is -2.22. The highest BCUT2D eigenvalue weighted by molar-refractivity contribution is 6.30. The van der Waals surface area contributed by atoms with Gasteiger partial charge in [0.2, 0.25) is 0 Å². The van der Waals surface area contributed by atoms with Crippen LogP contribution in [-0.2, 0) is 34.4 Å². The van der Waals surface area contributed by atoms with Crippen LogP contribution in [0, 0.1) is 29.5 Å². The number of nitrogens with zero attached hydrogens (tertiary/aromatic N) is 4. The highest BCUT2D eigenvalue weighted by Crippen LogP contribution is 2.61. The number of likely N-dealkylation sites (N-methyl/N-ethyl adjacent to an activating group) is 4. The molecule has 0 radical (unpaired) electrons. The fourth-order valence-electron chi connectivity index (χ4n) is 12.3. The molecule has 0 spiro atoms. The second-order valence-electron chi connectivity index (χ2n) is 20.0. The molecule has 4 saturated heterocycles. The Bertz CT molecular complexity index is 2170. The van der Waals surface area contributed by atoms with Crippen molar-refractivity contribution in [3.8, 4) is 0 Å². The Hall–Kier alpha value is -3.31. The molecule has 4 aromatic carbocycles. The average Bonchev–Trinajstić information content (AvgIpc) is 4.19. The Labute approximate surface area is 358 Å². The Balaban J connectivity index is 0.000000103.